The molecule has 1 aromatic carbocycles. The van der Waals surface area contributed by atoms with Crippen molar-refractivity contribution < 1.29 is 0 Å². The maximum Gasteiger partial charge on any atom is 0.196 e. The summed E-state index contributed by atoms with van der Waals surface area (Å²) >= 11 is 1.71. The maximum absolute atomic E-state index is 4.68. The van der Waals surface area contributed by atoms with Crippen LogP contribution in [-0.2, 0) is 0 Å². The first-order valence-corrected chi connectivity index (χ1v) is 7.85. The van der Waals surface area contributed by atoms with Gasteiger partial charge in [-0.3, -0.25) is 0 Å². The molecule has 0 radical (unpaired) electrons. The lowest BCUT2D eigenvalue weighted by molar-refractivity contribution is 0.789. The summed E-state index contributed by atoms with van der Waals surface area (Å²) < 4.78 is 0. The van der Waals surface area contributed by atoms with Crippen molar-refractivity contribution in [1.82, 2.24) is 25.6 Å². The standard InChI is InChI=1S/C14H16N6S/c1-8-6-13(15-9(2)14-17-19-20-18-14)16-12-7-10(21-3)4-5-11(8)12/h4-7,9H,1-3H3,(H,15,16)(H,17,18,19,20). The predicted molar refractivity (Wildman–Crippen MR) is 84.5 cm³/mol. The van der Waals surface area contributed by atoms with Gasteiger partial charge < -0.3 is 5.32 Å². The number of nitrogens with one attached hydrogen (secondary N) is 2. The Kier molecular flexibility index (Phi) is 3.74. The van der Waals surface area contributed by atoms with E-state index in [1.807, 2.05) is 13.0 Å². The van der Waals surface area contributed by atoms with Crippen LogP contribution in [-0.4, -0.2) is 31.9 Å². The fourth-order valence-corrected chi connectivity index (χ4v) is 2.66. The first-order chi connectivity index (χ1) is 10.2. The fraction of sp³-hybridized carbons (Fsp3) is 0.286. The van der Waals surface area contributed by atoms with Crippen LogP contribution in [0.15, 0.2) is 29.2 Å². The van der Waals surface area contributed by atoms with Gasteiger partial charge in [-0.15, -0.1) is 22.0 Å². The molecule has 0 saturated heterocycles. The van der Waals surface area contributed by atoms with E-state index in [1.165, 1.54) is 15.8 Å². The smallest absolute Gasteiger partial charge is 0.196 e. The van der Waals surface area contributed by atoms with Gasteiger partial charge in [-0.2, -0.15) is 5.21 Å². The molecule has 2 N–H and O–H groups in total. The van der Waals surface area contributed by atoms with Crippen LogP contribution in [0.3, 0.4) is 0 Å². The third-order valence-electron chi connectivity index (χ3n) is 3.34. The van der Waals surface area contributed by atoms with Gasteiger partial charge in [0.2, 0.25) is 0 Å². The number of benzene rings is 1. The van der Waals surface area contributed by atoms with Crippen molar-refractivity contribution >= 4 is 28.5 Å². The molecule has 0 aliphatic rings. The Bertz CT molecular complexity index is 756. The van der Waals surface area contributed by atoms with Crippen LogP contribution in [0.1, 0.15) is 24.4 Å². The molecule has 0 bridgehead atoms. The SMILES string of the molecule is CSc1ccc2c(C)cc(NC(C)c3nn[nH]n3)nc2c1. The highest BCUT2D eigenvalue weighted by atomic mass is 32.2. The Hall–Kier alpha value is -2.15. The third-order valence-corrected chi connectivity index (χ3v) is 4.06. The molecule has 1 unspecified atom stereocenters. The van der Waals surface area contributed by atoms with Gasteiger partial charge in [0, 0.05) is 10.3 Å². The normalized spacial score (nSPS) is 12.5. The minimum absolute atomic E-state index is 0.0585. The number of nitrogens with zero attached hydrogens (tertiary/aromatic N) is 4. The molecule has 0 saturated carbocycles. The van der Waals surface area contributed by atoms with Gasteiger partial charge in [-0.25, -0.2) is 4.98 Å². The van der Waals surface area contributed by atoms with Crippen molar-refractivity contribution in [1.29, 1.82) is 0 Å². The number of aromatic nitrogens is 5. The number of fused-ring (bicyclic) bond motifs is 1. The molecule has 0 fully saturated rings. The van der Waals surface area contributed by atoms with Crippen molar-refractivity contribution in [3.63, 3.8) is 0 Å². The average molecular weight is 300 g/mol. The van der Waals surface area contributed by atoms with E-state index in [4.69, 9.17) is 0 Å². The van der Waals surface area contributed by atoms with Gasteiger partial charge in [0.15, 0.2) is 5.82 Å². The van der Waals surface area contributed by atoms with Crippen LogP contribution in [0.5, 0.6) is 0 Å². The first-order valence-electron chi connectivity index (χ1n) is 6.62. The third kappa shape index (κ3) is 2.82. The number of anilines is 1. The molecule has 6 nitrogen and oxygen atoms in total. The highest BCUT2D eigenvalue weighted by molar-refractivity contribution is 7.98. The van der Waals surface area contributed by atoms with Crippen molar-refractivity contribution in [2.75, 3.05) is 11.6 Å². The van der Waals surface area contributed by atoms with Gasteiger partial charge in [0.05, 0.1) is 11.6 Å². The summed E-state index contributed by atoms with van der Waals surface area (Å²) in [6.45, 7) is 4.07. The molecule has 108 valence electrons. The summed E-state index contributed by atoms with van der Waals surface area (Å²) in [6.07, 6.45) is 2.06. The van der Waals surface area contributed by atoms with E-state index in [1.54, 1.807) is 11.8 Å². The largest absolute Gasteiger partial charge is 0.360 e. The number of thioether (sulfide) groups is 1. The lowest BCUT2D eigenvalue weighted by Gasteiger charge is -2.13. The lowest BCUT2D eigenvalue weighted by atomic mass is 10.1. The van der Waals surface area contributed by atoms with Crippen LogP contribution in [0.4, 0.5) is 5.82 Å². The van der Waals surface area contributed by atoms with Crippen molar-refractivity contribution in [2.45, 2.75) is 24.8 Å². The van der Waals surface area contributed by atoms with Gasteiger partial charge >= 0.3 is 0 Å². The first kappa shape index (κ1) is 13.8. The Morgan fingerprint density at radius 3 is 2.86 bits per heavy atom. The predicted octanol–water partition coefficient (Wildman–Crippen LogP) is 2.95. The summed E-state index contributed by atoms with van der Waals surface area (Å²) in [5, 5.41) is 18.5. The number of aryl methyl sites for hydroxylation is 1. The topological polar surface area (TPSA) is 79.4 Å². The van der Waals surface area contributed by atoms with Gasteiger partial charge in [-0.1, -0.05) is 11.3 Å². The molecule has 0 aliphatic heterocycles. The minimum atomic E-state index is -0.0585. The molecular formula is C14H16N6S. The molecule has 3 aromatic rings. The van der Waals surface area contributed by atoms with Crippen LogP contribution in [0.2, 0.25) is 0 Å². The summed E-state index contributed by atoms with van der Waals surface area (Å²) in [5.74, 6) is 1.43. The molecule has 3 rings (SSSR count). The second-order valence-corrected chi connectivity index (χ2v) is 5.72. The van der Waals surface area contributed by atoms with E-state index >= 15 is 0 Å². The summed E-state index contributed by atoms with van der Waals surface area (Å²) in [5.41, 5.74) is 2.18. The second kappa shape index (κ2) is 5.69. The van der Waals surface area contributed by atoms with E-state index < -0.39 is 0 Å². The van der Waals surface area contributed by atoms with Crippen LogP contribution in [0.25, 0.3) is 10.9 Å². The van der Waals surface area contributed by atoms with E-state index in [9.17, 15) is 0 Å². The minimum Gasteiger partial charge on any atom is -0.360 e. The molecule has 1 atom stereocenters. The molecular weight excluding hydrogens is 284 g/mol. The Morgan fingerprint density at radius 2 is 2.14 bits per heavy atom. The van der Waals surface area contributed by atoms with Gasteiger partial charge in [0.1, 0.15) is 5.82 Å². The Labute approximate surface area is 126 Å². The molecule has 2 aromatic heterocycles. The molecule has 21 heavy (non-hydrogen) atoms. The molecule has 0 amide bonds. The number of tetrazole rings is 1. The van der Waals surface area contributed by atoms with Crippen molar-refractivity contribution in [3.05, 3.63) is 35.7 Å². The van der Waals surface area contributed by atoms with Crippen LogP contribution >= 0.6 is 11.8 Å². The monoisotopic (exact) mass is 300 g/mol. The number of rotatable bonds is 4. The lowest BCUT2D eigenvalue weighted by Crippen LogP contribution is -2.10. The quantitative estimate of drug-likeness (QED) is 0.721. The Balaban J connectivity index is 1.95. The molecule has 0 aliphatic carbocycles. The zero-order valence-electron chi connectivity index (χ0n) is 12.1. The van der Waals surface area contributed by atoms with Crippen LogP contribution < -0.4 is 5.32 Å². The molecule has 0 spiro atoms. The maximum atomic E-state index is 4.68. The number of aromatic amines is 1. The average Bonchev–Trinajstić information content (AvgIpc) is 3.01. The highest BCUT2D eigenvalue weighted by Crippen LogP contribution is 2.26. The Morgan fingerprint density at radius 1 is 1.29 bits per heavy atom. The van der Waals surface area contributed by atoms with Crippen molar-refractivity contribution in [3.8, 4) is 0 Å². The summed E-state index contributed by atoms with van der Waals surface area (Å²) in [7, 11) is 0. The van der Waals surface area contributed by atoms with Crippen LogP contribution in [0, 0.1) is 6.92 Å². The van der Waals surface area contributed by atoms with E-state index in [2.05, 4.69) is 62.3 Å². The van der Waals surface area contributed by atoms with E-state index in [0.29, 0.717) is 5.82 Å². The van der Waals surface area contributed by atoms with Gasteiger partial charge in [0.25, 0.3) is 0 Å². The zero-order valence-corrected chi connectivity index (χ0v) is 12.9. The number of hydrogen-bond acceptors (Lipinski definition) is 6. The summed E-state index contributed by atoms with van der Waals surface area (Å²) in [4.78, 5) is 5.89. The number of hydrogen-bond donors (Lipinski definition) is 2. The zero-order chi connectivity index (χ0) is 14.8. The number of pyridine rings is 1. The molecule has 7 heteroatoms. The molecule has 2 heterocycles. The summed E-state index contributed by atoms with van der Waals surface area (Å²) in [6, 6.07) is 8.33. The van der Waals surface area contributed by atoms with Crippen molar-refractivity contribution in [2.24, 2.45) is 0 Å². The van der Waals surface area contributed by atoms with E-state index in [-0.39, 0.29) is 6.04 Å². The highest BCUT2D eigenvalue weighted by Gasteiger charge is 2.11. The number of H-pyrrole nitrogens is 1. The van der Waals surface area contributed by atoms with E-state index in [0.717, 1.165) is 11.3 Å². The second-order valence-electron chi connectivity index (χ2n) is 4.84. The fourth-order valence-electron chi connectivity index (χ4n) is 2.22. The van der Waals surface area contributed by atoms with Gasteiger partial charge in [-0.05, 0) is 43.9 Å².